The Bertz CT molecular complexity index is 605. The molecule has 2 aliphatic heterocycles. The molecule has 0 aliphatic carbocycles. The van der Waals surface area contributed by atoms with Crippen molar-refractivity contribution in [3.8, 4) is 0 Å². The molecule has 1 N–H and O–H groups in total. The smallest absolute Gasteiger partial charge is 0.313 e. The van der Waals surface area contributed by atoms with E-state index < -0.39 is 11.4 Å². The molecule has 1 amide bonds. The van der Waals surface area contributed by atoms with Crippen molar-refractivity contribution >= 4 is 28.3 Å². The number of aromatic nitrogens is 2. The third-order valence-corrected chi connectivity index (χ3v) is 5.71. The van der Waals surface area contributed by atoms with Crippen LogP contribution in [0.25, 0.3) is 0 Å². The lowest BCUT2D eigenvalue weighted by Crippen LogP contribution is -2.41. The Labute approximate surface area is 132 Å². The highest BCUT2D eigenvalue weighted by molar-refractivity contribution is 7.15. The minimum atomic E-state index is -0.873. The lowest BCUT2D eigenvalue weighted by Gasteiger charge is -2.24. The van der Waals surface area contributed by atoms with E-state index in [-0.39, 0.29) is 11.8 Å². The first-order chi connectivity index (χ1) is 10.5. The zero-order valence-electron chi connectivity index (χ0n) is 12.8. The Morgan fingerprint density at radius 3 is 2.73 bits per heavy atom. The third-order valence-electron chi connectivity index (χ3n) is 4.67. The number of amides is 1. The van der Waals surface area contributed by atoms with Crippen molar-refractivity contribution in [2.75, 3.05) is 31.1 Å². The standard InChI is InChI=1S/C14H20N4O3S/c1-3-4-11-15-16-13(22-11)18-6-10-5-17(9(2)19)7-14(10,8-18)12(20)21/h10H,3-8H2,1-2H3,(H,20,21)/t10?,14-/m0/s1. The Kier molecular flexibility index (Phi) is 3.80. The zero-order chi connectivity index (χ0) is 15.9. The summed E-state index contributed by atoms with van der Waals surface area (Å²) in [5.74, 6) is -0.919. The van der Waals surface area contributed by atoms with Gasteiger partial charge in [0.1, 0.15) is 10.4 Å². The van der Waals surface area contributed by atoms with Crippen LogP contribution in [-0.4, -0.2) is 58.3 Å². The summed E-state index contributed by atoms with van der Waals surface area (Å²) in [6.45, 7) is 5.42. The molecule has 8 heteroatoms. The van der Waals surface area contributed by atoms with Gasteiger partial charge in [0.05, 0.1) is 0 Å². The van der Waals surface area contributed by atoms with Gasteiger partial charge in [-0.3, -0.25) is 9.59 Å². The molecule has 0 spiro atoms. The topological polar surface area (TPSA) is 86.6 Å². The molecular formula is C14H20N4O3S. The van der Waals surface area contributed by atoms with Crippen molar-refractivity contribution in [2.45, 2.75) is 26.7 Å². The van der Waals surface area contributed by atoms with Gasteiger partial charge in [0.15, 0.2) is 0 Å². The second-order valence-corrected chi connectivity index (χ2v) is 7.21. The summed E-state index contributed by atoms with van der Waals surface area (Å²) in [6, 6.07) is 0. The molecule has 1 aromatic rings. The van der Waals surface area contributed by atoms with Gasteiger partial charge in [-0.25, -0.2) is 0 Å². The monoisotopic (exact) mass is 324 g/mol. The molecule has 120 valence electrons. The first-order valence-electron chi connectivity index (χ1n) is 7.52. The van der Waals surface area contributed by atoms with Crippen molar-refractivity contribution in [1.29, 1.82) is 0 Å². The largest absolute Gasteiger partial charge is 0.481 e. The quantitative estimate of drug-likeness (QED) is 0.884. The van der Waals surface area contributed by atoms with Gasteiger partial charge in [-0.2, -0.15) is 0 Å². The number of anilines is 1. The summed E-state index contributed by atoms with van der Waals surface area (Å²) in [6.07, 6.45) is 1.92. The van der Waals surface area contributed by atoms with Gasteiger partial charge in [0.25, 0.3) is 0 Å². The van der Waals surface area contributed by atoms with E-state index >= 15 is 0 Å². The van der Waals surface area contributed by atoms with Gasteiger partial charge in [-0.1, -0.05) is 18.3 Å². The van der Waals surface area contributed by atoms with E-state index in [1.807, 2.05) is 4.90 Å². The highest BCUT2D eigenvalue weighted by atomic mass is 32.1. The number of likely N-dealkylation sites (tertiary alicyclic amines) is 1. The minimum absolute atomic E-state index is 0.0487. The molecule has 3 heterocycles. The summed E-state index contributed by atoms with van der Waals surface area (Å²) < 4.78 is 0. The maximum Gasteiger partial charge on any atom is 0.313 e. The van der Waals surface area contributed by atoms with Crippen molar-refractivity contribution in [3.05, 3.63) is 5.01 Å². The summed E-state index contributed by atoms with van der Waals surface area (Å²) >= 11 is 1.54. The molecule has 0 bridgehead atoms. The fraction of sp³-hybridized carbons (Fsp3) is 0.714. The van der Waals surface area contributed by atoms with Crippen LogP contribution in [0, 0.1) is 11.3 Å². The van der Waals surface area contributed by atoms with Gasteiger partial charge in [-0.15, -0.1) is 10.2 Å². The second kappa shape index (κ2) is 5.49. The molecule has 1 aromatic heterocycles. The van der Waals surface area contributed by atoms with Gasteiger partial charge in [-0.05, 0) is 6.42 Å². The summed E-state index contributed by atoms with van der Waals surface area (Å²) in [7, 11) is 0. The lowest BCUT2D eigenvalue weighted by atomic mass is 9.81. The van der Waals surface area contributed by atoms with E-state index in [4.69, 9.17) is 0 Å². The van der Waals surface area contributed by atoms with Crippen molar-refractivity contribution in [3.63, 3.8) is 0 Å². The molecular weight excluding hydrogens is 304 g/mol. The number of nitrogens with zero attached hydrogens (tertiary/aromatic N) is 4. The van der Waals surface area contributed by atoms with Crippen molar-refractivity contribution < 1.29 is 14.7 Å². The zero-order valence-corrected chi connectivity index (χ0v) is 13.6. The Hall–Kier alpha value is -1.70. The van der Waals surface area contributed by atoms with Crippen LogP contribution in [0.1, 0.15) is 25.3 Å². The predicted octanol–water partition coefficient (Wildman–Crippen LogP) is 0.860. The predicted molar refractivity (Wildman–Crippen MR) is 81.9 cm³/mol. The lowest BCUT2D eigenvalue weighted by molar-refractivity contribution is -0.148. The minimum Gasteiger partial charge on any atom is -0.481 e. The van der Waals surface area contributed by atoms with Gasteiger partial charge in [0, 0.05) is 45.4 Å². The summed E-state index contributed by atoms with van der Waals surface area (Å²) in [5.41, 5.74) is -0.873. The van der Waals surface area contributed by atoms with E-state index in [2.05, 4.69) is 17.1 Å². The summed E-state index contributed by atoms with van der Waals surface area (Å²) in [4.78, 5) is 27.1. The number of carbonyl (C=O) groups is 2. The number of aryl methyl sites for hydroxylation is 1. The fourth-order valence-electron chi connectivity index (χ4n) is 3.44. The number of fused-ring (bicyclic) bond motifs is 1. The first-order valence-corrected chi connectivity index (χ1v) is 8.34. The fourth-order valence-corrected chi connectivity index (χ4v) is 4.39. The first kappa shape index (κ1) is 15.2. The van der Waals surface area contributed by atoms with Crippen molar-refractivity contribution in [1.82, 2.24) is 15.1 Å². The molecule has 22 heavy (non-hydrogen) atoms. The molecule has 0 aromatic carbocycles. The molecule has 2 saturated heterocycles. The normalized spacial score (nSPS) is 27.3. The van der Waals surface area contributed by atoms with Crippen LogP contribution in [0.3, 0.4) is 0 Å². The highest BCUT2D eigenvalue weighted by Gasteiger charge is 2.58. The van der Waals surface area contributed by atoms with E-state index in [1.54, 1.807) is 16.2 Å². The van der Waals surface area contributed by atoms with Crippen LogP contribution in [0.4, 0.5) is 5.13 Å². The molecule has 2 fully saturated rings. The van der Waals surface area contributed by atoms with Crippen LogP contribution >= 0.6 is 11.3 Å². The Morgan fingerprint density at radius 2 is 2.14 bits per heavy atom. The molecule has 2 atom stereocenters. The maximum atomic E-state index is 11.9. The molecule has 0 radical (unpaired) electrons. The average molecular weight is 324 g/mol. The molecule has 7 nitrogen and oxygen atoms in total. The van der Waals surface area contributed by atoms with Crippen LogP contribution < -0.4 is 4.90 Å². The van der Waals surface area contributed by atoms with E-state index in [1.165, 1.54) is 6.92 Å². The van der Waals surface area contributed by atoms with Crippen LogP contribution in [0.5, 0.6) is 0 Å². The van der Waals surface area contributed by atoms with Crippen LogP contribution in [0.15, 0.2) is 0 Å². The molecule has 0 saturated carbocycles. The number of aliphatic carboxylic acids is 1. The Balaban J connectivity index is 1.80. The highest BCUT2D eigenvalue weighted by Crippen LogP contribution is 2.44. The van der Waals surface area contributed by atoms with E-state index in [0.717, 1.165) is 23.0 Å². The van der Waals surface area contributed by atoms with Gasteiger partial charge < -0.3 is 14.9 Å². The molecule has 3 rings (SSSR count). The van der Waals surface area contributed by atoms with Crippen LogP contribution in [0.2, 0.25) is 0 Å². The van der Waals surface area contributed by atoms with Crippen molar-refractivity contribution in [2.24, 2.45) is 11.3 Å². The number of hydrogen-bond acceptors (Lipinski definition) is 6. The maximum absolute atomic E-state index is 11.9. The van der Waals surface area contributed by atoms with E-state index in [0.29, 0.717) is 26.2 Å². The van der Waals surface area contributed by atoms with Gasteiger partial charge >= 0.3 is 5.97 Å². The third kappa shape index (κ3) is 2.35. The molecule has 2 aliphatic rings. The number of hydrogen-bond donors (Lipinski definition) is 1. The summed E-state index contributed by atoms with van der Waals surface area (Å²) in [5, 5.41) is 19.9. The van der Waals surface area contributed by atoms with E-state index in [9.17, 15) is 14.7 Å². The number of carboxylic acids is 1. The SMILES string of the molecule is CCCc1nnc(N2CC3CN(C(C)=O)C[C@]3(C(=O)O)C2)s1. The number of carboxylic acid groups (broad SMARTS) is 1. The van der Waals surface area contributed by atoms with Gasteiger partial charge in [0.2, 0.25) is 11.0 Å². The van der Waals surface area contributed by atoms with Crippen LogP contribution in [-0.2, 0) is 16.0 Å². The average Bonchev–Trinajstić information content (AvgIpc) is 3.09. The number of carbonyl (C=O) groups excluding carboxylic acids is 1. The molecule has 1 unspecified atom stereocenters. The Morgan fingerprint density at radius 1 is 1.36 bits per heavy atom. The second-order valence-electron chi connectivity index (χ2n) is 6.17. The number of rotatable bonds is 4.